The molecule has 0 aliphatic carbocycles. The van der Waals surface area contributed by atoms with E-state index in [4.69, 9.17) is 4.42 Å². The number of hydrogen-bond donors (Lipinski definition) is 0. The smallest absolute Gasteiger partial charge is 0.135 e. The van der Waals surface area contributed by atoms with Crippen LogP contribution in [0.1, 0.15) is 0 Å². The van der Waals surface area contributed by atoms with E-state index in [1.54, 1.807) is 0 Å². The standard InChI is InChI=1S/C46H29NOS/c1-2-10-30(11-3-1)37-12-4-5-13-38(37)31-18-21-34(22-19-31)47(36-24-25-44-41(29-36)39-14-6-8-16-43(39)48-44)35-23-20-32-27-42-40-15-7-9-17-45(40)49-46(42)28-33(32)26-35/h1-29H. The van der Waals surface area contributed by atoms with Crippen molar-refractivity contribution < 1.29 is 4.42 Å². The van der Waals surface area contributed by atoms with Crippen molar-refractivity contribution in [1.29, 1.82) is 0 Å². The molecule has 49 heavy (non-hydrogen) atoms. The molecule has 0 saturated carbocycles. The quantitative estimate of drug-likeness (QED) is 0.186. The molecule has 0 N–H and O–H groups in total. The Bertz CT molecular complexity index is 2830. The molecule has 0 atom stereocenters. The SMILES string of the molecule is c1ccc(-c2ccccc2-c2ccc(N(c3ccc4cc5c(cc4c3)sc3ccccc35)c3ccc4oc5ccccc5c4c3)cc2)cc1. The van der Waals surface area contributed by atoms with Crippen LogP contribution in [0.5, 0.6) is 0 Å². The van der Waals surface area contributed by atoms with Gasteiger partial charge in [-0.05, 0) is 99.8 Å². The van der Waals surface area contributed by atoms with Gasteiger partial charge in [-0.3, -0.25) is 0 Å². The van der Waals surface area contributed by atoms with Crippen molar-refractivity contribution in [3.63, 3.8) is 0 Å². The molecule has 0 aliphatic rings. The summed E-state index contributed by atoms with van der Waals surface area (Å²) in [7, 11) is 0. The second-order valence-corrected chi connectivity index (χ2v) is 13.6. The molecule has 3 heteroatoms. The Labute approximate surface area is 287 Å². The highest BCUT2D eigenvalue weighted by Gasteiger charge is 2.17. The number of hydrogen-bond acceptors (Lipinski definition) is 3. The fourth-order valence-electron chi connectivity index (χ4n) is 7.29. The second-order valence-electron chi connectivity index (χ2n) is 12.6. The van der Waals surface area contributed by atoms with Gasteiger partial charge in [0, 0.05) is 48.0 Å². The maximum absolute atomic E-state index is 6.22. The third kappa shape index (κ3) is 4.70. The van der Waals surface area contributed by atoms with Crippen LogP contribution in [0, 0.1) is 0 Å². The van der Waals surface area contributed by atoms with E-state index in [9.17, 15) is 0 Å². The average molecular weight is 644 g/mol. The van der Waals surface area contributed by atoms with E-state index >= 15 is 0 Å². The maximum atomic E-state index is 6.22. The predicted octanol–water partition coefficient (Wildman–Crippen LogP) is 13.9. The normalized spacial score (nSPS) is 11.7. The highest BCUT2D eigenvalue weighted by molar-refractivity contribution is 7.25. The molecule has 0 spiro atoms. The lowest BCUT2D eigenvalue weighted by molar-refractivity contribution is 0.669. The lowest BCUT2D eigenvalue weighted by Crippen LogP contribution is -2.09. The average Bonchev–Trinajstić information content (AvgIpc) is 3.72. The first-order valence-electron chi connectivity index (χ1n) is 16.6. The molecule has 2 nitrogen and oxygen atoms in total. The van der Waals surface area contributed by atoms with Crippen LogP contribution in [0.15, 0.2) is 180 Å². The molecule has 0 radical (unpaired) electrons. The Kier molecular flexibility index (Phi) is 6.39. The van der Waals surface area contributed by atoms with Gasteiger partial charge < -0.3 is 9.32 Å². The van der Waals surface area contributed by atoms with E-state index in [2.05, 4.69) is 169 Å². The molecule has 0 unspecified atom stereocenters. The van der Waals surface area contributed by atoms with Crippen molar-refractivity contribution in [1.82, 2.24) is 0 Å². The summed E-state index contributed by atoms with van der Waals surface area (Å²) in [4.78, 5) is 2.36. The molecule has 0 fully saturated rings. The minimum atomic E-state index is 0.892. The molecule has 0 amide bonds. The molecule has 0 bridgehead atoms. The minimum absolute atomic E-state index is 0.892. The van der Waals surface area contributed by atoms with E-state index in [1.807, 2.05) is 23.5 Å². The van der Waals surface area contributed by atoms with E-state index in [0.717, 1.165) is 39.0 Å². The third-order valence-electron chi connectivity index (χ3n) is 9.64. The second kappa shape index (κ2) is 11.2. The van der Waals surface area contributed by atoms with Crippen LogP contribution in [0.4, 0.5) is 17.1 Å². The third-order valence-corrected chi connectivity index (χ3v) is 10.8. The van der Waals surface area contributed by atoms with Crippen LogP contribution < -0.4 is 4.90 Å². The molecule has 0 aliphatic heterocycles. The Morgan fingerprint density at radius 1 is 0.367 bits per heavy atom. The minimum Gasteiger partial charge on any atom is -0.456 e. The van der Waals surface area contributed by atoms with Crippen LogP contribution in [-0.4, -0.2) is 0 Å². The number of thiophene rings is 1. The summed E-state index contributed by atoms with van der Waals surface area (Å²) in [5.41, 5.74) is 9.93. The van der Waals surface area contributed by atoms with Crippen LogP contribution in [0.2, 0.25) is 0 Å². The molecule has 2 heterocycles. The van der Waals surface area contributed by atoms with Gasteiger partial charge in [-0.1, -0.05) is 109 Å². The first-order chi connectivity index (χ1) is 24.3. The van der Waals surface area contributed by atoms with Crippen molar-refractivity contribution in [2.24, 2.45) is 0 Å². The maximum Gasteiger partial charge on any atom is 0.135 e. The highest BCUT2D eigenvalue weighted by Crippen LogP contribution is 2.42. The van der Waals surface area contributed by atoms with Gasteiger partial charge in [0.15, 0.2) is 0 Å². The van der Waals surface area contributed by atoms with Crippen molar-refractivity contribution in [2.75, 3.05) is 4.90 Å². The molecule has 230 valence electrons. The lowest BCUT2D eigenvalue weighted by Gasteiger charge is -2.26. The van der Waals surface area contributed by atoms with Gasteiger partial charge in [0.25, 0.3) is 0 Å². The van der Waals surface area contributed by atoms with E-state index in [-0.39, 0.29) is 0 Å². The van der Waals surface area contributed by atoms with Gasteiger partial charge in [0.1, 0.15) is 11.2 Å². The van der Waals surface area contributed by atoms with Gasteiger partial charge in [-0.25, -0.2) is 0 Å². The van der Waals surface area contributed by atoms with E-state index in [1.165, 1.54) is 53.2 Å². The number of nitrogens with zero attached hydrogens (tertiary/aromatic N) is 1. The van der Waals surface area contributed by atoms with E-state index < -0.39 is 0 Å². The first-order valence-corrected chi connectivity index (χ1v) is 17.4. The molecule has 2 aromatic heterocycles. The number of fused-ring (bicyclic) bond motifs is 7. The number of rotatable bonds is 5. The van der Waals surface area contributed by atoms with Crippen LogP contribution in [0.3, 0.4) is 0 Å². The fraction of sp³-hybridized carbons (Fsp3) is 0. The van der Waals surface area contributed by atoms with Crippen molar-refractivity contribution in [2.45, 2.75) is 0 Å². The summed E-state index contributed by atoms with van der Waals surface area (Å²) in [6.07, 6.45) is 0. The molecular formula is C46H29NOS. The summed E-state index contributed by atoms with van der Waals surface area (Å²) in [5.74, 6) is 0. The van der Waals surface area contributed by atoms with Crippen LogP contribution >= 0.6 is 11.3 Å². The zero-order chi connectivity index (χ0) is 32.3. The summed E-state index contributed by atoms with van der Waals surface area (Å²) in [5, 5.41) is 7.34. The topological polar surface area (TPSA) is 16.4 Å². The van der Waals surface area contributed by atoms with Gasteiger partial charge in [0.2, 0.25) is 0 Å². The highest BCUT2D eigenvalue weighted by atomic mass is 32.1. The molecule has 8 aromatic carbocycles. The van der Waals surface area contributed by atoms with Gasteiger partial charge >= 0.3 is 0 Å². The summed E-state index contributed by atoms with van der Waals surface area (Å²) < 4.78 is 8.85. The van der Waals surface area contributed by atoms with Gasteiger partial charge in [0.05, 0.1) is 0 Å². The first kappa shape index (κ1) is 27.9. The van der Waals surface area contributed by atoms with E-state index in [0.29, 0.717) is 0 Å². The molecule has 0 saturated heterocycles. The fourth-order valence-corrected chi connectivity index (χ4v) is 8.43. The summed E-state index contributed by atoms with van der Waals surface area (Å²) in [6, 6.07) is 63.3. The molecular weight excluding hydrogens is 615 g/mol. The van der Waals surface area contributed by atoms with Crippen molar-refractivity contribution in [3.05, 3.63) is 176 Å². The van der Waals surface area contributed by atoms with Gasteiger partial charge in [-0.2, -0.15) is 0 Å². The number of anilines is 3. The molecule has 10 aromatic rings. The summed E-state index contributed by atoms with van der Waals surface area (Å²) in [6.45, 7) is 0. The van der Waals surface area contributed by atoms with Crippen LogP contribution in [0.25, 0.3) is 75.1 Å². The molecule has 10 rings (SSSR count). The number of benzene rings is 8. The Morgan fingerprint density at radius 3 is 1.84 bits per heavy atom. The lowest BCUT2D eigenvalue weighted by atomic mass is 9.94. The number of furan rings is 1. The zero-order valence-corrected chi connectivity index (χ0v) is 27.3. The Hall–Kier alpha value is -6.16. The summed E-state index contributed by atoms with van der Waals surface area (Å²) >= 11 is 1.86. The van der Waals surface area contributed by atoms with Gasteiger partial charge in [-0.15, -0.1) is 11.3 Å². The Balaban J connectivity index is 1.14. The van der Waals surface area contributed by atoms with Crippen molar-refractivity contribution in [3.8, 4) is 22.3 Å². The van der Waals surface area contributed by atoms with Crippen molar-refractivity contribution >= 4 is 81.3 Å². The largest absolute Gasteiger partial charge is 0.456 e. The Morgan fingerprint density at radius 2 is 1.00 bits per heavy atom. The zero-order valence-electron chi connectivity index (χ0n) is 26.5. The monoisotopic (exact) mass is 643 g/mol. The number of para-hydroxylation sites is 1. The van der Waals surface area contributed by atoms with Crippen LogP contribution in [-0.2, 0) is 0 Å². The predicted molar refractivity (Wildman–Crippen MR) is 210 cm³/mol.